The molecule has 0 aliphatic carbocycles. The normalized spacial score (nSPS) is 13.2. The molecule has 0 radical (unpaired) electrons. The van der Waals surface area contributed by atoms with Crippen LogP contribution in [-0.4, -0.2) is 37.6 Å². The summed E-state index contributed by atoms with van der Waals surface area (Å²) in [5, 5.41) is 0. The predicted octanol–water partition coefficient (Wildman–Crippen LogP) is 3.36. The van der Waals surface area contributed by atoms with Gasteiger partial charge in [-0.25, -0.2) is 0 Å². The first-order valence-electron chi connectivity index (χ1n) is 6.78. The molecule has 0 aromatic carbocycles. The van der Waals surface area contributed by atoms with E-state index in [1.165, 1.54) is 0 Å². The third-order valence-electron chi connectivity index (χ3n) is 2.68. The molecule has 0 aliphatic rings. The number of ether oxygens (including phenoxy) is 2. The molecule has 0 fully saturated rings. The summed E-state index contributed by atoms with van der Waals surface area (Å²) >= 11 is 0. The molecule has 0 bridgehead atoms. The van der Waals surface area contributed by atoms with E-state index in [-0.39, 0.29) is 11.6 Å². The molecule has 0 spiro atoms. The van der Waals surface area contributed by atoms with Crippen LogP contribution in [0.4, 0.5) is 0 Å². The molecule has 0 aliphatic heterocycles. The minimum atomic E-state index is -1.26. The lowest BCUT2D eigenvalue weighted by molar-refractivity contribution is -0.143. The van der Waals surface area contributed by atoms with E-state index < -0.39 is 7.80 Å². The molecule has 0 amide bonds. The highest BCUT2D eigenvalue weighted by Gasteiger charge is 2.24. The second-order valence-corrected chi connectivity index (χ2v) is 6.48. The Kier molecular flexibility index (Phi) is 11.3. The summed E-state index contributed by atoms with van der Waals surface area (Å²) in [6.07, 6.45) is 3.83. The van der Waals surface area contributed by atoms with E-state index in [9.17, 15) is 9.36 Å². The van der Waals surface area contributed by atoms with E-state index >= 15 is 0 Å². The third-order valence-corrected chi connectivity index (χ3v) is 4.54. The van der Waals surface area contributed by atoms with Gasteiger partial charge in [0.05, 0.1) is 13.2 Å². The summed E-state index contributed by atoms with van der Waals surface area (Å²) in [7, 11) is -1.26. The van der Waals surface area contributed by atoms with Gasteiger partial charge in [-0.05, 0) is 13.3 Å². The minimum absolute atomic E-state index is 0.0828. The molecule has 2 unspecified atom stereocenters. The van der Waals surface area contributed by atoms with Gasteiger partial charge >= 0.3 is 13.8 Å². The molecule has 0 saturated carbocycles. The summed E-state index contributed by atoms with van der Waals surface area (Å²) in [6, 6.07) is 0. The molecule has 106 valence electrons. The fourth-order valence-electron chi connectivity index (χ4n) is 1.31. The van der Waals surface area contributed by atoms with Crippen LogP contribution in [0.1, 0.15) is 46.5 Å². The van der Waals surface area contributed by atoms with Gasteiger partial charge in [-0.3, -0.25) is 4.79 Å². The molecule has 0 saturated heterocycles. The summed E-state index contributed by atoms with van der Waals surface area (Å²) in [5.41, 5.74) is 0.0828. The van der Waals surface area contributed by atoms with E-state index in [1.54, 1.807) is 6.92 Å². The predicted molar refractivity (Wildman–Crippen MR) is 73.5 cm³/mol. The molecule has 2 atom stereocenters. The van der Waals surface area contributed by atoms with Gasteiger partial charge in [0.15, 0.2) is 11.8 Å². The third kappa shape index (κ3) is 9.55. The summed E-state index contributed by atoms with van der Waals surface area (Å²) in [6.45, 7) is 7.50. The van der Waals surface area contributed by atoms with Crippen molar-refractivity contribution in [3.8, 4) is 0 Å². The number of unbranched alkanes of at least 4 members (excludes halogenated alkanes) is 1. The summed E-state index contributed by atoms with van der Waals surface area (Å²) in [5.74, 6) is -0.194. The second-order valence-electron chi connectivity index (χ2n) is 4.32. The molecule has 0 heterocycles. The van der Waals surface area contributed by atoms with Crippen molar-refractivity contribution in [2.24, 2.45) is 0 Å². The summed E-state index contributed by atoms with van der Waals surface area (Å²) in [4.78, 5) is 10.9. The lowest BCUT2D eigenvalue weighted by atomic mass is 10.3. The monoisotopic (exact) mass is 277 g/mol. The lowest BCUT2D eigenvalue weighted by Crippen LogP contribution is -2.10. The highest BCUT2D eigenvalue weighted by Crippen LogP contribution is 2.29. The van der Waals surface area contributed by atoms with Crippen LogP contribution in [0.15, 0.2) is 0 Å². The van der Waals surface area contributed by atoms with Crippen LogP contribution in [0.2, 0.25) is 0 Å². The van der Waals surface area contributed by atoms with Crippen LogP contribution in [-0.2, 0) is 18.8 Å². The van der Waals surface area contributed by atoms with Gasteiger partial charge in [-0.1, -0.05) is 24.8 Å². The molecular weight excluding hydrogens is 251 g/mol. The average molecular weight is 277 g/mol. The zero-order valence-corrected chi connectivity index (χ0v) is 12.7. The van der Waals surface area contributed by atoms with Crippen LogP contribution in [0.25, 0.3) is 0 Å². The average Bonchev–Trinajstić information content (AvgIpc) is 2.37. The van der Waals surface area contributed by atoms with Gasteiger partial charge in [0.25, 0.3) is 0 Å². The maximum Gasteiger partial charge on any atom is 0.344 e. The first-order valence-corrected chi connectivity index (χ1v) is 8.30. The van der Waals surface area contributed by atoms with Crippen LogP contribution in [0.3, 0.4) is 0 Å². The topological polar surface area (TPSA) is 52.6 Å². The molecule has 0 aromatic heterocycles. The largest absolute Gasteiger partial charge is 0.466 e. The first-order chi connectivity index (χ1) is 8.61. The van der Waals surface area contributed by atoms with Gasteiger partial charge in [-0.2, -0.15) is 0 Å². The highest BCUT2D eigenvalue weighted by atomic mass is 31.1. The van der Waals surface area contributed by atoms with Crippen molar-refractivity contribution in [1.29, 1.82) is 0 Å². The Morgan fingerprint density at radius 1 is 1.22 bits per heavy atom. The molecule has 4 nitrogen and oxygen atoms in total. The van der Waals surface area contributed by atoms with Gasteiger partial charge in [-0.15, -0.1) is 0 Å². The van der Waals surface area contributed by atoms with E-state index in [0.717, 1.165) is 19.4 Å². The fraction of sp³-hybridized carbons (Fsp3) is 0.923. The maximum absolute atomic E-state index is 11.8. The van der Waals surface area contributed by atoms with Crippen molar-refractivity contribution in [3.63, 3.8) is 0 Å². The summed E-state index contributed by atoms with van der Waals surface area (Å²) < 4.78 is 22.2. The van der Waals surface area contributed by atoms with Crippen molar-refractivity contribution in [2.75, 3.05) is 26.0 Å². The Balaban J connectivity index is 3.54. The van der Waals surface area contributed by atoms with Crippen LogP contribution in [0.5, 0.6) is 0 Å². The number of hydrogen-bond acceptors (Lipinski definition) is 4. The van der Waals surface area contributed by atoms with Crippen LogP contribution >= 0.6 is 7.80 Å². The van der Waals surface area contributed by atoms with Crippen molar-refractivity contribution in [2.45, 2.75) is 52.1 Å². The Morgan fingerprint density at radius 2 is 1.94 bits per heavy atom. The quantitative estimate of drug-likeness (QED) is 0.330. The molecule has 0 aromatic rings. The highest BCUT2D eigenvalue weighted by molar-refractivity contribution is 7.45. The Hall–Kier alpha value is -0.470. The first kappa shape index (κ1) is 17.5. The van der Waals surface area contributed by atoms with Crippen molar-refractivity contribution >= 4 is 13.8 Å². The Bertz CT molecular complexity index is 243. The molecule has 0 N–H and O–H groups in total. The molecule has 18 heavy (non-hydrogen) atoms. The molecule has 5 heteroatoms. The molecule has 0 rings (SSSR count). The Morgan fingerprint density at radius 3 is 2.56 bits per heavy atom. The standard InChI is InChI=1S/C13H26O4P/c1-4-6-8-16-10-11-18(15)12(3)7-9-17-13(14)5-2/h12H,4-11H2,1-3H3/q+1. The second kappa shape index (κ2) is 11.6. The van der Waals surface area contributed by atoms with Crippen LogP contribution < -0.4 is 0 Å². The zero-order valence-electron chi connectivity index (χ0n) is 11.8. The maximum atomic E-state index is 11.8. The number of carbonyl (C=O) groups is 1. The van der Waals surface area contributed by atoms with E-state index in [4.69, 9.17) is 9.47 Å². The SMILES string of the molecule is CCCCOCC[P+](=O)C(C)CCOC(=O)CC. The molecular formula is C13H26O4P+. The fourth-order valence-corrected chi connectivity index (χ4v) is 2.46. The van der Waals surface area contributed by atoms with E-state index in [2.05, 4.69) is 6.92 Å². The number of carbonyl (C=O) groups excluding carboxylic acids is 1. The van der Waals surface area contributed by atoms with E-state index in [0.29, 0.717) is 32.2 Å². The zero-order chi connectivity index (χ0) is 13.8. The van der Waals surface area contributed by atoms with E-state index in [1.807, 2.05) is 6.92 Å². The Labute approximate surface area is 111 Å². The smallest absolute Gasteiger partial charge is 0.344 e. The van der Waals surface area contributed by atoms with Gasteiger partial charge in [0, 0.05) is 19.4 Å². The number of hydrogen-bond donors (Lipinski definition) is 0. The van der Waals surface area contributed by atoms with Gasteiger partial charge < -0.3 is 9.47 Å². The lowest BCUT2D eigenvalue weighted by Gasteiger charge is -2.04. The van der Waals surface area contributed by atoms with Crippen LogP contribution in [0, 0.1) is 0 Å². The van der Waals surface area contributed by atoms with Gasteiger partial charge in [0.2, 0.25) is 0 Å². The van der Waals surface area contributed by atoms with Crippen molar-refractivity contribution in [3.05, 3.63) is 0 Å². The number of rotatable bonds is 11. The minimum Gasteiger partial charge on any atom is -0.466 e. The van der Waals surface area contributed by atoms with Crippen molar-refractivity contribution < 1.29 is 18.8 Å². The number of esters is 1. The van der Waals surface area contributed by atoms with Gasteiger partial charge in [0.1, 0.15) is 0 Å². The van der Waals surface area contributed by atoms with Crippen molar-refractivity contribution in [1.82, 2.24) is 0 Å².